The monoisotopic (exact) mass is 275 g/mol. The Balaban J connectivity index is 3.57. The van der Waals surface area contributed by atoms with Crippen LogP contribution in [0.5, 0.6) is 0 Å². The lowest BCUT2D eigenvalue weighted by atomic mass is 10.1. The lowest BCUT2D eigenvalue weighted by molar-refractivity contribution is -0.138. The molecule has 0 amide bonds. The standard InChI is InChI=1S/C8H3ClF5NO2/c9-4-3(7(16)17)2(8(12,13)14)1-15-5(4)6(10)11/h1,6H,(H,16,17). The quantitative estimate of drug-likeness (QED) is 0.842. The summed E-state index contributed by atoms with van der Waals surface area (Å²) in [6.07, 6.45) is -8.27. The fourth-order valence-electron chi connectivity index (χ4n) is 1.08. The highest BCUT2D eigenvalue weighted by atomic mass is 35.5. The lowest BCUT2D eigenvalue weighted by Crippen LogP contribution is -2.15. The summed E-state index contributed by atoms with van der Waals surface area (Å²) in [5.74, 6) is -2.05. The molecule has 1 aromatic heterocycles. The van der Waals surface area contributed by atoms with Gasteiger partial charge < -0.3 is 5.11 Å². The average Bonchev–Trinajstić information content (AvgIpc) is 2.14. The van der Waals surface area contributed by atoms with Gasteiger partial charge in [-0.05, 0) is 0 Å². The molecule has 94 valence electrons. The van der Waals surface area contributed by atoms with Crippen molar-refractivity contribution in [2.45, 2.75) is 12.6 Å². The Morgan fingerprint density at radius 3 is 2.29 bits per heavy atom. The van der Waals surface area contributed by atoms with Gasteiger partial charge in [0, 0.05) is 6.20 Å². The number of aromatic carboxylic acids is 1. The molecular weight excluding hydrogens is 273 g/mol. The molecule has 0 aromatic carbocycles. The summed E-state index contributed by atoms with van der Waals surface area (Å²) in [5.41, 5.74) is -4.29. The van der Waals surface area contributed by atoms with Gasteiger partial charge >= 0.3 is 12.1 Å². The molecule has 0 fully saturated rings. The SMILES string of the molecule is O=C(O)c1c(C(F)(F)F)cnc(C(F)F)c1Cl. The van der Waals surface area contributed by atoms with Gasteiger partial charge in [0.2, 0.25) is 0 Å². The van der Waals surface area contributed by atoms with E-state index >= 15 is 0 Å². The second-order valence-corrected chi connectivity index (χ2v) is 3.23. The molecule has 0 saturated heterocycles. The third-order valence-electron chi connectivity index (χ3n) is 1.77. The highest BCUT2D eigenvalue weighted by molar-refractivity contribution is 6.34. The van der Waals surface area contributed by atoms with Crippen LogP contribution in [0.4, 0.5) is 22.0 Å². The van der Waals surface area contributed by atoms with Crippen molar-refractivity contribution in [3.63, 3.8) is 0 Å². The Morgan fingerprint density at radius 1 is 1.41 bits per heavy atom. The van der Waals surface area contributed by atoms with E-state index in [0.29, 0.717) is 0 Å². The van der Waals surface area contributed by atoms with Gasteiger partial charge in [-0.2, -0.15) is 13.2 Å². The highest BCUT2D eigenvalue weighted by Crippen LogP contribution is 2.37. The van der Waals surface area contributed by atoms with Crippen LogP contribution in [0.25, 0.3) is 0 Å². The Labute approximate surface area is 95.8 Å². The molecule has 0 unspecified atom stereocenters. The molecule has 0 aliphatic heterocycles. The first-order valence-corrected chi connectivity index (χ1v) is 4.31. The Morgan fingerprint density at radius 2 is 1.94 bits per heavy atom. The number of aromatic nitrogens is 1. The largest absolute Gasteiger partial charge is 0.478 e. The number of carboxylic acid groups (broad SMARTS) is 1. The maximum Gasteiger partial charge on any atom is 0.418 e. The maximum absolute atomic E-state index is 12.4. The molecule has 1 aromatic rings. The van der Waals surface area contributed by atoms with Crippen LogP contribution in [0.3, 0.4) is 0 Å². The van der Waals surface area contributed by atoms with Gasteiger partial charge in [0.1, 0.15) is 5.69 Å². The van der Waals surface area contributed by atoms with Crippen LogP contribution in [0.2, 0.25) is 5.02 Å². The minimum absolute atomic E-state index is 0.0246. The number of pyridine rings is 1. The van der Waals surface area contributed by atoms with Crippen LogP contribution >= 0.6 is 11.6 Å². The van der Waals surface area contributed by atoms with Gasteiger partial charge in [-0.15, -0.1) is 0 Å². The molecule has 3 nitrogen and oxygen atoms in total. The molecule has 0 bridgehead atoms. The first-order valence-electron chi connectivity index (χ1n) is 3.93. The van der Waals surface area contributed by atoms with E-state index in [1.165, 1.54) is 0 Å². The third-order valence-corrected chi connectivity index (χ3v) is 2.16. The number of nitrogens with zero attached hydrogens (tertiary/aromatic N) is 1. The zero-order valence-electron chi connectivity index (χ0n) is 7.73. The van der Waals surface area contributed by atoms with Gasteiger partial charge in [0.05, 0.1) is 16.1 Å². The van der Waals surface area contributed by atoms with Gasteiger partial charge in [0.15, 0.2) is 0 Å². The molecule has 17 heavy (non-hydrogen) atoms. The molecule has 0 aliphatic rings. The molecule has 1 N–H and O–H groups in total. The van der Waals surface area contributed by atoms with Crippen molar-refractivity contribution in [3.05, 3.63) is 28.0 Å². The van der Waals surface area contributed by atoms with E-state index in [0.717, 1.165) is 0 Å². The van der Waals surface area contributed by atoms with Gasteiger partial charge in [-0.25, -0.2) is 13.6 Å². The number of hydrogen-bond acceptors (Lipinski definition) is 2. The molecular formula is C8H3ClF5NO2. The van der Waals surface area contributed by atoms with E-state index in [1.54, 1.807) is 0 Å². The van der Waals surface area contributed by atoms with Gasteiger partial charge in [-0.3, -0.25) is 4.98 Å². The normalized spacial score (nSPS) is 11.9. The van der Waals surface area contributed by atoms with Crippen molar-refractivity contribution >= 4 is 17.6 Å². The first kappa shape index (κ1) is 13.6. The van der Waals surface area contributed by atoms with Crippen molar-refractivity contribution in [1.29, 1.82) is 0 Å². The van der Waals surface area contributed by atoms with E-state index in [2.05, 4.69) is 4.98 Å². The number of carbonyl (C=O) groups is 1. The smallest absolute Gasteiger partial charge is 0.418 e. The Hall–Kier alpha value is -1.44. The fraction of sp³-hybridized carbons (Fsp3) is 0.250. The van der Waals surface area contributed by atoms with Gasteiger partial charge in [-0.1, -0.05) is 11.6 Å². The van der Waals surface area contributed by atoms with E-state index in [-0.39, 0.29) is 6.20 Å². The molecule has 0 spiro atoms. The van der Waals surface area contributed by atoms with Crippen molar-refractivity contribution < 1.29 is 31.9 Å². The summed E-state index contributed by atoms with van der Waals surface area (Å²) in [5, 5.41) is 7.35. The minimum Gasteiger partial charge on any atom is -0.478 e. The van der Waals surface area contributed by atoms with Gasteiger partial charge in [0.25, 0.3) is 6.43 Å². The van der Waals surface area contributed by atoms with Crippen molar-refractivity contribution in [2.24, 2.45) is 0 Å². The van der Waals surface area contributed by atoms with Crippen LogP contribution in [-0.4, -0.2) is 16.1 Å². The number of rotatable bonds is 2. The second-order valence-electron chi connectivity index (χ2n) is 2.85. The maximum atomic E-state index is 12.4. The summed E-state index contributed by atoms with van der Waals surface area (Å²) in [6.45, 7) is 0. The van der Waals surface area contributed by atoms with Crippen molar-refractivity contribution in [2.75, 3.05) is 0 Å². The topological polar surface area (TPSA) is 50.2 Å². The first-order chi connectivity index (χ1) is 7.66. The Bertz CT molecular complexity index is 460. The van der Waals surface area contributed by atoms with Crippen LogP contribution < -0.4 is 0 Å². The second kappa shape index (κ2) is 4.44. The molecule has 1 rings (SSSR count). The molecule has 0 saturated carbocycles. The molecule has 0 aliphatic carbocycles. The number of alkyl halides is 5. The summed E-state index contributed by atoms with van der Waals surface area (Å²) in [7, 11) is 0. The van der Waals surface area contributed by atoms with Crippen LogP contribution in [0.15, 0.2) is 6.20 Å². The summed E-state index contributed by atoms with van der Waals surface area (Å²) < 4.78 is 61.7. The average molecular weight is 276 g/mol. The number of halogens is 6. The van der Waals surface area contributed by atoms with Crippen molar-refractivity contribution in [1.82, 2.24) is 4.98 Å². The molecule has 9 heteroatoms. The molecule has 0 atom stereocenters. The van der Waals surface area contributed by atoms with Crippen molar-refractivity contribution in [3.8, 4) is 0 Å². The van der Waals surface area contributed by atoms with Crippen LogP contribution in [0, 0.1) is 0 Å². The minimum atomic E-state index is -5.04. The van der Waals surface area contributed by atoms with Crippen LogP contribution in [0.1, 0.15) is 28.0 Å². The predicted octanol–water partition coefficient (Wildman–Crippen LogP) is 3.39. The number of hydrogen-bond donors (Lipinski definition) is 1. The molecule has 0 radical (unpaired) electrons. The number of carboxylic acids is 1. The summed E-state index contributed by atoms with van der Waals surface area (Å²) >= 11 is 5.19. The Kier molecular flexibility index (Phi) is 3.56. The molecule has 1 heterocycles. The van der Waals surface area contributed by atoms with Crippen LogP contribution in [-0.2, 0) is 6.18 Å². The fourth-order valence-corrected chi connectivity index (χ4v) is 1.39. The summed E-state index contributed by atoms with van der Waals surface area (Å²) in [4.78, 5) is 13.4. The summed E-state index contributed by atoms with van der Waals surface area (Å²) in [6, 6.07) is 0. The zero-order chi connectivity index (χ0) is 13.4. The highest BCUT2D eigenvalue weighted by Gasteiger charge is 2.38. The predicted molar refractivity (Wildman–Crippen MR) is 46.2 cm³/mol. The third kappa shape index (κ3) is 2.63. The van der Waals surface area contributed by atoms with E-state index in [4.69, 9.17) is 16.7 Å². The van der Waals surface area contributed by atoms with E-state index in [9.17, 15) is 26.7 Å². The lowest BCUT2D eigenvalue weighted by Gasteiger charge is -2.12. The zero-order valence-corrected chi connectivity index (χ0v) is 8.48. The van der Waals surface area contributed by atoms with E-state index in [1.807, 2.05) is 0 Å². The van der Waals surface area contributed by atoms with E-state index < -0.39 is 40.4 Å².